The number of halogens is 1. The summed E-state index contributed by atoms with van der Waals surface area (Å²) in [6.45, 7) is 6.16. The van der Waals surface area contributed by atoms with E-state index in [9.17, 15) is 29.4 Å². The third-order valence-electron chi connectivity index (χ3n) is 14.6. The number of aryl methyl sites for hydroxylation is 2. The number of benzene rings is 5. The second-order valence-corrected chi connectivity index (χ2v) is 19.2. The summed E-state index contributed by atoms with van der Waals surface area (Å²) >= 11 is 6.09. The number of nitrogens with zero attached hydrogens (tertiary/aromatic N) is 3. The van der Waals surface area contributed by atoms with Crippen LogP contribution in [-0.4, -0.2) is 72.6 Å². The van der Waals surface area contributed by atoms with Crippen molar-refractivity contribution in [2.45, 2.75) is 77.7 Å². The number of nitrogens with one attached hydrogen (secondary N) is 2. The molecule has 12 nitrogen and oxygen atoms in total. The molecule has 5 aliphatic rings. The Morgan fingerprint density at radius 1 is 0.794 bits per heavy atom. The Labute approximate surface area is 398 Å². The maximum Gasteiger partial charge on any atom is 0.262 e. The Bertz CT molecular complexity index is 3280. The van der Waals surface area contributed by atoms with E-state index in [1.807, 2.05) is 6.07 Å². The molecule has 13 heteroatoms. The summed E-state index contributed by atoms with van der Waals surface area (Å²) in [5.74, 6) is -0.603. The van der Waals surface area contributed by atoms with E-state index in [0.29, 0.717) is 55.9 Å². The number of rotatable bonds is 11. The summed E-state index contributed by atoms with van der Waals surface area (Å²) in [6.07, 6.45) is 8.12. The standard InChI is InChI=1S/C55H52ClN5O7/c1-31-41(42-25-32(30-62)11-18-46(42)61(31)54(65)33-12-15-37(56)16-13-33)29-47(63)57-19-6-20-58-53(64)36-14-17-38(55(66)67)43(28-36)48-44-26-34-7-2-21-59-23-4-9-39(49(34)59)51(44)68-52-40-10-5-24-60-22-3-8-35(50(40)60)27-45(48)52/h11-18,25-28,62H,2-10,19-24,29-30H2,1H3,(H2-,57,58,63,64,66,67). The number of fused-ring (bicyclic) bond motifs is 5. The van der Waals surface area contributed by atoms with Crippen molar-refractivity contribution in [3.8, 4) is 11.5 Å². The fraction of sp³-hybridized carbons (Fsp3) is 0.327. The topological polar surface area (TPSA) is 156 Å². The van der Waals surface area contributed by atoms with Crippen molar-refractivity contribution >= 4 is 57.5 Å². The van der Waals surface area contributed by atoms with Crippen LogP contribution in [0.25, 0.3) is 16.5 Å². The Hall–Kier alpha value is -6.76. The highest BCUT2D eigenvalue weighted by atomic mass is 35.5. The number of hydrogen-bond acceptors (Lipinski definition) is 8. The highest BCUT2D eigenvalue weighted by molar-refractivity contribution is 6.30. The van der Waals surface area contributed by atoms with Crippen molar-refractivity contribution in [2.24, 2.45) is 0 Å². The van der Waals surface area contributed by atoms with Crippen LogP contribution in [-0.2, 0) is 43.5 Å². The largest absolute Gasteiger partial charge is 0.545 e. The predicted molar refractivity (Wildman–Crippen MR) is 259 cm³/mol. The van der Waals surface area contributed by atoms with Crippen LogP contribution >= 0.6 is 11.6 Å². The first-order valence-corrected chi connectivity index (χ1v) is 24.3. The van der Waals surface area contributed by atoms with Gasteiger partial charge >= 0.3 is 0 Å². The number of carbonyl (C=O) groups is 4. The molecule has 0 atom stereocenters. The molecule has 0 radical (unpaired) electrons. The zero-order valence-corrected chi connectivity index (χ0v) is 38.8. The van der Waals surface area contributed by atoms with E-state index in [0.717, 1.165) is 105 Å². The fourth-order valence-corrected chi connectivity index (χ4v) is 11.7. The van der Waals surface area contributed by atoms with E-state index in [1.165, 1.54) is 45.4 Å². The van der Waals surface area contributed by atoms with Gasteiger partial charge in [-0.25, -0.2) is 4.58 Å². The molecule has 5 aliphatic heterocycles. The average Bonchev–Trinajstić information content (AvgIpc) is 3.62. The van der Waals surface area contributed by atoms with E-state index in [4.69, 9.17) is 16.3 Å². The summed E-state index contributed by atoms with van der Waals surface area (Å²) < 4.78 is 11.2. The molecule has 68 heavy (non-hydrogen) atoms. The Morgan fingerprint density at radius 3 is 2.32 bits per heavy atom. The van der Waals surface area contributed by atoms with Crippen LogP contribution in [0, 0.1) is 6.92 Å². The molecule has 0 saturated heterocycles. The van der Waals surface area contributed by atoms with Gasteiger partial charge in [-0.2, -0.15) is 0 Å². The monoisotopic (exact) mass is 929 g/mol. The molecule has 0 aliphatic carbocycles. The van der Waals surface area contributed by atoms with E-state index < -0.39 is 5.97 Å². The molecule has 6 aromatic rings. The smallest absolute Gasteiger partial charge is 0.262 e. The van der Waals surface area contributed by atoms with Crippen molar-refractivity contribution in [2.75, 3.05) is 44.2 Å². The number of aromatic nitrogens is 1. The number of carboxylic acids is 1. The number of aromatic carboxylic acids is 1. The average molecular weight is 931 g/mol. The van der Waals surface area contributed by atoms with Crippen molar-refractivity contribution in [3.05, 3.63) is 155 Å². The highest BCUT2D eigenvalue weighted by Crippen LogP contribution is 2.49. The molecular formula is C55H52ClN5O7. The maximum atomic E-state index is 14.0. The molecule has 0 fully saturated rings. The molecule has 2 amide bonds. The van der Waals surface area contributed by atoms with Gasteiger partial charge in [0.1, 0.15) is 24.6 Å². The van der Waals surface area contributed by atoms with Crippen LogP contribution in [0.1, 0.15) is 113 Å². The molecule has 346 valence electrons. The minimum Gasteiger partial charge on any atom is -0.545 e. The maximum absolute atomic E-state index is 14.0. The number of amides is 2. The van der Waals surface area contributed by atoms with Crippen molar-refractivity contribution in [1.82, 2.24) is 19.8 Å². The predicted octanol–water partition coefficient (Wildman–Crippen LogP) is 5.06. The normalized spacial score (nSPS) is 15.5. The van der Waals surface area contributed by atoms with Crippen LogP contribution < -0.4 is 40.5 Å². The summed E-state index contributed by atoms with van der Waals surface area (Å²) in [4.78, 5) is 56.8. The lowest BCUT2D eigenvalue weighted by molar-refractivity contribution is -0.255. The van der Waals surface area contributed by atoms with Gasteiger partial charge < -0.3 is 35.3 Å². The summed E-state index contributed by atoms with van der Waals surface area (Å²) in [5.41, 5.74) is 11.5. The molecule has 3 N–H and O–H groups in total. The number of carbonyl (C=O) groups excluding carboxylic acids is 4. The van der Waals surface area contributed by atoms with E-state index in [2.05, 4.69) is 32.2 Å². The van der Waals surface area contributed by atoms with Crippen molar-refractivity contribution < 1.29 is 34.1 Å². The first-order chi connectivity index (χ1) is 33.1. The molecule has 0 saturated carbocycles. The van der Waals surface area contributed by atoms with E-state index in [1.54, 1.807) is 54.0 Å². The number of ether oxygens (including phenoxy) is 1. The van der Waals surface area contributed by atoms with Crippen molar-refractivity contribution in [3.63, 3.8) is 0 Å². The fourth-order valence-electron chi connectivity index (χ4n) is 11.6. The van der Waals surface area contributed by atoms with Gasteiger partial charge in [-0.15, -0.1) is 0 Å². The van der Waals surface area contributed by atoms with Gasteiger partial charge in [0.05, 0.1) is 30.1 Å². The number of aliphatic hydroxyl groups is 1. The minimum atomic E-state index is -1.32. The van der Waals surface area contributed by atoms with Gasteiger partial charge in [0.25, 0.3) is 11.8 Å². The minimum absolute atomic E-state index is 0.000721. The molecular weight excluding hydrogens is 878 g/mol. The van der Waals surface area contributed by atoms with Gasteiger partial charge in [-0.3, -0.25) is 19.0 Å². The molecule has 0 unspecified atom stereocenters. The van der Waals surface area contributed by atoms with Crippen LogP contribution in [0.15, 0.2) is 72.8 Å². The Balaban J connectivity index is 0.863. The van der Waals surface area contributed by atoms with Gasteiger partial charge in [0.2, 0.25) is 11.3 Å². The van der Waals surface area contributed by atoms with Gasteiger partial charge in [-0.1, -0.05) is 23.7 Å². The van der Waals surface area contributed by atoms with Crippen molar-refractivity contribution in [1.29, 1.82) is 0 Å². The molecule has 5 aromatic carbocycles. The summed E-state index contributed by atoms with van der Waals surface area (Å²) in [5, 5.41) is 32.3. The number of anilines is 1. The second-order valence-electron chi connectivity index (χ2n) is 18.7. The Kier molecular flexibility index (Phi) is 11.4. The molecule has 1 aromatic heterocycles. The summed E-state index contributed by atoms with van der Waals surface area (Å²) in [6, 6.07) is 21.1. The van der Waals surface area contributed by atoms with E-state index >= 15 is 0 Å². The van der Waals surface area contributed by atoms with Crippen LogP contribution in [0.3, 0.4) is 0 Å². The first-order valence-electron chi connectivity index (χ1n) is 24.0. The third-order valence-corrected chi connectivity index (χ3v) is 14.9. The van der Waals surface area contributed by atoms with Gasteiger partial charge in [0.15, 0.2) is 0 Å². The SMILES string of the molecule is Cc1c(CC(=O)NCCCNC(=O)c2ccc(C(=O)[O-])c(C3=c4cc5c6c(c4Oc4c3cc3c7c4CCCN7CCC3)CCC[N+]=6CCC5)c2)c2cc(CO)ccc2n1C(=O)c1ccc(Cl)cc1. The molecule has 11 rings (SSSR count). The molecule has 0 spiro atoms. The molecule has 6 heterocycles. The van der Waals surface area contributed by atoms with Crippen LogP contribution in [0.4, 0.5) is 5.69 Å². The Morgan fingerprint density at radius 2 is 1.53 bits per heavy atom. The van der Waals surface area contributed by atoms with Gasteiger partial charge in [0, 0.05) is 105 Å². The number of hydrogen-bond donors (Lipinski definition) is 3. The second kappa shape index (κ2) is 17.7. The zero-order valence-electron chi connectivity index (χ0n) is 38.1. The quantitative estimate of drug-likeness (QED) is 0.120. The third kappa shape index (κ3) is 7.54. The molecule has 0 bridgehead atoms. The van der Waals surface area contributed by atoms with E-state index in [-0.39, 0.29) is 49.4 Å². The van der Waals surface area contributed by atoms with Gasteiger partial charge in [-0.05, 0) is 135 Å². The van der Waals surface area contributed by atoms with Crippen LogP contribution in [0.2, 0.25) is 5.02 Å². The first kappa shape index (κ1) is 43.8. The lowest BCUT2D eigenvalue weighted by Crippen LogP contribution is -2.45. The highest BCUT2D eigenvalue weighted by Gasteiger charge is 2.36. The summed E-state index contributed by atoms with van der Waals surface area (Å²) in [7, 11) is 0. The zero-order chi connectivity index (χ0) is 46.8. The van der Waals surface area contributed by atoms with Crippen LogP contribution in [0.5, 0.6) is 11.5 Å². The lowest BCUT2D eigenvalue weighted by atomic mass is 9.81. The lowest BCUT2D eigenvalue weighted by Gasteiger charge is -2.39. The number of aliphatic hydroxyl groups excluding tert-OH is 1. The number of carboxylic acid groups (broad SMARTS) is 1.